The lowest BCUT2D eigenvalue weighted by molar-refractivity contribution is 0.0662. The van der Waals surface area contributed by atoms with Crippen LogP contribution >= 0.6 is 15.9 Å². The number of halogens is 2. The third-order valence-electron chi connectivity index (χ3n) is 3.10. The molecule has 2 nitrogen and oxygen atoms in total. The van der Waals surface area contributed by atoms with E-state index in [9.17, 15) is 4.39 Å². The zero-order chi connectivity index (χ0) is 12.1. The predicted molar refractivity (Wildman–Crippen MR) is 69.3 cm³/mol. The van der Waals surface area contributed by atoms with Crippen molar-refractivity contribution in [3.8, 4) is 0 Å². The zero-order valence-corrected chi connectivity index (χ0v) is 11.3. The molecule has 0 radical (unpaired) electrons. The lowest BCUT2D eigenvalue weighted by Gasteiger charge is -2.22. The second kappa shape index (κ2) is 6.47. The average molecular weight is 302 g/mol. The maximum atomic E-state index is 13.5. The molecule has 1 aliphatic rings. The van der Waals surface area contributed by atoms with E-state index in [0.717, 1.165) is 42.6 Å². The van der Waals surface area contributed by atoms with E-state index in [-0.39, 0.29) is 5.82 Å². The molecule has 0 aliphatic carbocycles. The highest BCUT2D eigenvalue weighted by atomic mass is 79.9. The van der Waals surface area contributed by atoms with Gasteiger partial charge in [-0.25, -0.2) is 4.39 Å². The standard InChI is InChI=1S/C13H17BrFNO/c14-12-2-1-11(13(15)7-12)9-16-8-10-3-5-17-6-4-10/h1-2,7,10,16H,3-6,8-9H2. The van der Waals surface area contributed by atoms with Crippen molar-refractivity contribution in [2.75, 3.05) is 19.8 Å². The third kappa shape index (κ3) is 4.05. The molecule has 2 rings (SSSR count). The van der Waals surface area contributed by atoms with Crippen LogP contribution in [-0.4, -0.2) is 19.8 Å². The molecule has 0 saturated carbocycles. The predicted octanol–water partition coefficient (Wildman–Crippen LogP) is 3.10. The number of ether oxygens (including phenoxy) is 1. The third-order valence-corrected chi connectivity index (χ3v) is 3.60. The van der Waals surface area contributed by atoms with E-state index < -0.39 is 0 Å². The van der Waals surface area contributed by atoms with Crippen LogP contribution < -0.4 is 5.32 Å². The second-order valence-electron chi connectivity index (χ2n) is 4.42. The molecular formula is C13H17BrFNO. The quantitative estimate of drug-likeness (QED) is 0.923. The van der Waals surface area contributed by atoms with Crippen LogP contribution in [0.15, 0.2) is 22.7 Å². The van der Waals surface area contributed by atoms with Crippen molar-refractivity contribution in [2.45, 2.75) is 19.4 Å². The number of hydrogen-bond donors (Lipinski definition) is 1. The molecular weight excluding hydrogens is 285 g/mol. The first-order chi connectivity index (χ1) is 8.25. The molecule has 0 bridgehead atoms. The van der Waals surface area contributed by atoms with Gasteiger partial charge in [0.1, 0.15) is 5.82 Å². The van der Waals surface area contributed by atoms with Gasteiger partial charge < -0.3 is 10.1 Å². The summed E-state index contributed by atoms with van der Waals surface area (Å²) >= 11 is 3.25. The molecule has 1 saturated heterocycles. The van der Waals surface area contributed by atoms with Crippen molar-refractivity contribution in [2.24, 2.45) is 5.92 Å². The minimum atomic E-state index is -0.154. The maximum Gasteiger partial charge on any atom is 0.128 e. The van der Waals surface area contributed by atoms with Crippen LogP contribution in [0.25, 0.3) is 0 Å². The Kier molecular flexibility index (Phi) is 4.95. The monoisotopic (exact) mass is 301 g/mol. The first-order valence-corrected chi connectivity index (χ1v) is 6.77. The molecule has 1 aliphatic heterocycles. The smallest absolute Gasteiger partial charge is 0.128 e. The van der Waals surface area contributed by atoms with Gasteiger partial charge in [-0.15, -0.1) is 0 Å². The van der Waals surface area contributed by atoms with E-state index in [1.807, 2.05) is 12.1 Å². The molecule has 0 unspecified atom stereocenters. The number of benzene rings is 1. The first-order valence-electron chi connectivity index (χ1n) is 5.98. The fourth-order valence-corrected chi connectivity index (χ4v) is 2.36. The van der Waals surface area contributed by atoms with Gasteiger partial charge in [0.2, 0.25) is 0 Å². The van der Waals surface area contributed by atoms with Crippen LogP contribution in [0.4, 0.5) is 4.39 Å². The normalized spacial score (nSPS) is 17.3. The Hall–Kier alpha value is -0.450. The van der Waals surface area contributed by atoms with Crippen molar-refractivity contribution < 1.29 is 9.13 Å². The van der Waals surface area contributed by atoms with Crippen molar-refractivity contribution in [3.05, 3.63) is 34.1 Å². The lowest BCUT2D eigenvalue weighted by atomic mass is 10.0. The van der Waals surface area contributed by atoms with Gasteiger partial charge in [-0.05, 0) is 37.4 Å². The molecule has 0 spiro atoms. The Balaban J connectivity index is 1.77. The van der Waals surface area contributed by atoms with Crippen LogP contribution in [0.5, 0.6) is 0 Å². The highest BCUT2D eigenvalue weighted by molar-refractivity contribution is 9.10. The molecule has 1 N–H and O–H groups in total. The summed E-state index contributed by atoms with van der Waals surface area (Å²) in [5.74, 6) is 0.515. The number of hydrogen-bond acceptors (Lipinski definition) is 2. The van der Waals surface area contributed by atoms with Crippen LogP contribution in [0.2, 0.25) is 0 Å². The van der Waals surface area contributed by atoms with Crippen molar-refractivity contribution in [3.63, 3.8) is 0 Å². The van der Waals surface area contributed by atoms with Gasteiger partial charge in [0, 0.05) is 29.8 Å². The fraction of sp³-hybridized carbons (Fsp3) is 0.538. The van der Waals surface area contributed by atoms with Gasteiger partial charge in [-0.2, -0.15) is 0 Å². The van der Waals surface area contributed by atoms with Crippen LogP contribution in [0.1, 0.15) is 18.4 Å². The van der Waals surface area contributed by atoms with Crippen LogP contribution in [0.3, 0.4) is 0 Å². The maximum absolute atomic E-state index is 13.5. The SMILES string of the molecule is Fc1cc(Br)ccc1CNCC1CCOCC1. The van der Waals surface area contributed by atoms with Gasteiger partial charge >= 0.3 is 0 Å². The Morgan fingerprint density at radius 3 is 2.82 bits per heavy atom. The van der Waals surface area contributed by atoms with Crippen molar-refractivity contribution >= 4 is 15.9 Å². The zero-order valence-electron chi connectivity index (χ0n) is 9.72. The summed E-state index contributed by atoms with van der Waals surface area (Å²) in [6.07, 6.45) is 2.21. The molecule has 1 aromatic rings. The molecule has 17 heavy (non-hydrogen) atoms. The van der Waals surface area contributed by atoms with E-state index in [0.29, 0.717) is 12.5 Å². The van der Waals surface area contributed by atoms with E-state index in [1.54, 1.807) is 0 Å². The second-order valence-corrected chi connectivity index (χ2v) is 5.34. The minimum Gasteiger partial charge on any atom is -0.381 e. The van der Waals surface area contributed by atoms with Gasteiger partial charge in [0.25, 0.3) is 0 Å². The van der Waals surface area contributed by atoms with E-state index in [2.05, 4.69) is 21.2 Å². The minimum absolute atomic E-state index is 0.154. The molecule has 0 amide bonds. The first kappa shape index (κ1) is 13.0. The topological polar surface area (TPSA) is 21.3 Å². The summed E-state index contributed by atoms with van der Waals surface area (Å²) in [5.41, 5.74) is 0.722. The highest BCUT2D eigenvalue weighted by Crippen LogP contribution is 2.16. The summed E-state index contributed by atoms with van der Waals surface area (Å²) in [7, 11) is 0. The molecule has 94 valence electrons. The summed E-state index contributed by atoms with van der Waals surface area (Å²) in [5, 5.41) is 3.32. The summed E-state index contributed by atoms with van der Waals surface area (Å²) in [6, 6.07) is 5.19. The molecule has 1 fully saturated rings. The lowest BCUT2D eigenvalue weighted by Crippen LogP contribution is -2.27. The molecule has 1 heterocycles. The molecule has 4 heteroatoms. The Labute approximate surface area is 110 Å². The van der Waals surface area contributed by atoms with Gasteiger partial charge in [-0.1, -0.05) is 22.0 Å². The number of nitrogens with one attached hydrogen (secondary N) is 1. The van der Waals surface area contributed by atoms with Crippen molar-refractivity contribution in [1.29, 1.82) is 0 Å². The Morgan fingerprint density at radius 1 is 1.35 bits per heavy atom. The van der Waals surface area contributed by atoms with Crippen molar-refractivity contribution in [1.82, 2.24) is 5.32 Å². The van der Waals surface area contributed by atoms with E-state index in [1.165, 1.54) is 6.07 Å². The summed E-state index contributed by atoms with van der Waals surface area (Å²) in [4.78, 5) is 0. The average Bonchev–Trinajstić information content (AvgIpc) is 2.33. The van der Waals surface area contributed by atoms with E-state index >= 15 is 0 Å². The van der Waals surface area contributed by atoms with Gasteiger partial charge in [0.15, 0.2) is 0 Å². The van der Waals surface area contributed by atoms with E-state index in [4.69, 9.17) is 4.74 Å². The highest BCUT2D eigenvalue weighted by Gasteiger charge is 2.13. The number of rotatable bonds is 4. The summed E-state index contributed by atoms with van der Waals surface area (Å²) in [6.45, 7) is 3.26. The molecule has 0 atom stereocenters. The molecule has 0 aromatic heterocycles. The Bertz CT molecular complexity index is 366. The fourth-order valence-electron chi connectivity index (χ4n) is 2.03. The Morgan fingerprint density at radius 2 is 2.12 bits per heavy atom. The summed E-state index contributed by atoms with van der Waals surface area (Å²) < 4.78 is 19.6. The largest absolute Gasteiger partial charge is 0.381 e. The van der Waals surface area contributed by atoms with Crippen LogP contribution in [-0.2, 0) is 11.3 Å². The van der Waals surface area contributed by atoms with Gasteiger partial charge in [-0.3, -0.25) is 0 Å². The van der Waals surface area contributed by atoms with Gasteiger partial charge in [0.05, 0.1) is 0 Å². The van der Waals surface area contributed by atoms with Crippen LogP contribution in [0, 0.1) is 11.7 Å². The molecule has 1 aromatic carbocycles.